The van der Waals surface area contributed by atoms with Crippen LogP contribution in [0.3, 0.4) is 0 Å². The van der Waals surface area contributed by atoms with Crippen LogP contribution in [-0.2, 0) is 21.5 Å². The third kappa shape index (κ3) is 2.86. The Morgan fingerprint density at radius 3 is 2.57 bits per heavy atom. The number of nitrogens with two attached hydrogens (primary N) is 1. The minimum absolute atomic E-state index is 0.0546. The highest BCUT2D eigenvalue weighted by Gasteiger charge is 2.35. The number of aromatic hydroxyl groups is 1. The van der Waals surface area contributed by atoms with Crippen molar-refractivity contribution in [2.45, 2.75) is 6.54 Å². The summed E-state index contributed by atoms with van der Waals surface area (Å²) >= 11 is 0. The number of hydrogen-bond donors (Lipinski definition) is 3. The molecule has 2 aromatic carbocycles. The van der Waals surface area contributed by atoms with Crippen molar-refractivity contribution in [2.24, 2.45) is 5.73 Å². The first-order chi connectivity index (χ1) is 10.9. The van der Waals surface area contributed by atoms with Crippen molar-refractivity contribution in [1.29, 1.82) is 0 Å². The fraction of sp³-hybridized carbons (Fsp3) is 0.133. The summed E-state index contributed by atoms with van der Waals surface area (Å²) in [7, 11) is -3.97. The number of anilines is 1. The number of amides is 1. The van der Waals surface area contributed by atoms with Crippen LogP contribution in [0.25, 0.3) is 11.1 Å². The molecule has 1 fully saturated rings. The second-order valence-electron chi connectivity index (χ2n) is 5.14. The zero-order valence-electron chi connectivity index (χ0n) is 12.1. The standard InChI is InChI=1S/C15H15N3O4S/c16-8-10-2-1-3-11(6-10)12-4-5-14(19)13(7-12)18-9-15(20)17-23(18,21)22/h1-7,19H,8-9,16H2,(H,17,20). The first kappa shape index (κ1) is 15.3. The molecule has 1 saturated heterocycles. The average molecular weight is 333 g/mol. The van der Waals surface area contributed by atoms with E-state index in [9.17, 15) is 18.3 Å². The molecular weight excluding hydrogens is 318 g/mol. The highest BCUT2D eigenvalue weighted by Crippen LogP contribution is 2.35. The van der Waals surface area contributed by atoms with Crippen molar-refractivity contribution >= 4 is 21.8 Å². The van der Waals surface area contributed by atoms with Gasteiger partial charge >= 0.3 is 10.2 Å². The van der Waals surface area contributed by atoms with Gasteiger partial charge in [-0.25, -0.2) is 9.03 Å². The second kappa shape index (κ2) is 5.56. The Bertz CT molecular complexity index is 880. The van der Waals surface area contributed by atoms with Crippen LogP contribution < -0.4 is 14.8 Å². The van der Waals surface area contributed by atoms with Crippen molar-refractivity contribution in [3.63, 3.8) is 0 Å². The Morgan fingerprint density at radius 2 is 1.91 bits per heavy atom. The Labute approximate surface area is 133 Å². The number of hydrogen-bond acceptors (Lipinski definition) is 5. The molecule has 0 saturated carbocycles. The van der Waals surface area contributed by atoms with Crippen molar-refractivity contribution in [3.8, 4) is 16.9 Å². The zero-order valence-corrected chi connectivity index (χ0v) is 12.9. The maximum atomic E-state index is 11.9. The van der Waals surface area contributed by atoms with E-state index < -0.39 is 16.1 Å². The molecule has 0 spiro atoms. The molecule has 0 aliphatic carbocycles. The van der Waals surface area contributed by atoms with Crippen molar-refractivity contribution < 1.29 is 18.3 Å². The van der Waals surface area contributed by atoms with Gasteiger partial charge in [0.1, 0.15) is 12.3 Å². The molecule has 0 unspecified atom stereocenters. The monoisotopic (exact) mass is 333 g/mol. The molecule has 1 aliphatic heterocycles. The summed E-state index contributed by atoms with van der Waals surface area (Å²) in [6.45, 7) is 0.0277. The van der Waals surface area contributed by atoms with E-state index in [1.165, 1.54) is 12.1 Å². The Balaban J connectivity index is 2.08. The molecule has 23 heavy (non-hydrogen) atoms. The van der Waals surface area contributed by atoms with Gasteiger partial charge in [0, 0.05) is 6.54 Å². The first-order valence-electron chi connectivity index (χ1n) is 6.86. The lowest BCUT2D eigenvalue weighted by molar-refractivity contribution is -0.117. The van der Waals surface area contributed by atoms with Crippen LogP contribution in [0.5, 0.6) is 5.75 Å². The number of nitrogens with zero attached hydrogens (tertiary/aromatic N) is 1. The number of carbonyl (C=O) groups is 1. The van der Waals surface area contributed by atoms with Crippen LogP contribution in [0.1, 0.15) is 5.56 Å². The number of carbonyl (C=O) groups excluding carboxylic acids is 1. The lowest BCUT2D eigenvalue weighted by atomic mass is 10.0. The molecule has 3 rings (SSSR count). The van der Waals surface area contributed by atoms with E-state index in [0.717, 1.165) is 15.4 Å². The average Bonchev–Trinajstić information content (AvgIpc) is 2.80. The number of nitrogens with one attached hydrogen (secondary N) is 1. The van der Waals surface area contributed by atoms with Gasteiger partial charge in [-0.1, -0.05) is 24.3 Å². The molecule has 0 aromatic heterocycles. The molecule has 2 aromatic rings. The number of phenols is 1. The van der Waals surface area contributed by atoms with Gasteiger partial charge in [-0.15, -0.1) is 0 Å². The quantitative estimate of drug-likeness (QED) is 0.765. The van der Waals surface area contributed by atoms with Gasteiger partial charge in [-0.05, 0) is 34.9 Å². The van der Waals surface area contributed by atoms with E-state index in [4.69, 9.17) is 5.73 Å². The van der Waals surface area contributed by atoms with E-state index >= 15 is 0 Å². The van der Waals surface area contributed by atoms with Gasteiger partial charge in [0.2, 0.25) is 0 Å². The van der Waals surface area contributed by atoms with Crippen molar-refractivity contribution in [2.75, 3.05) is 10.8 Å². The fourth-order valence-electron chi connectivity index (χ4n) is 2.44. The van der Waals surface area contributed by atoms with Crippen LogP contribution in [0.2, 0.25) is 0 Å². The molecular formula is C15H15N3O4S. The molecule has 8 heteroatoms. The van der Waals surface area contributed by atoms with Crippen LogP contribution in [-0.4, -0.2) is 26.0 Å². The van der Waals surface area contributed by atoms with E-state index in [1.807, 2.05) is 29.0 Å². The predicted molar refractivity (Wildman–Crippen MR) is 85.8 cm³/mol. The molecule has 0 bridgehead atoms. The lowest BCUT2D eigenvalue weighted by Crippen LogP contribution is -2.29. The number of phenolic OH excluding ortho intramolecular Hbond substituents is 1. The molecule has 0 atom stereocenters. The van der Waals surface area contributed by atoms with Gasteiger partial charge in [0.05, 0.1) is 5.69 Å². The summed E-state index contributed by atoms with van der Waals surface area (Å²) in [6, 6.07) is 12.1. The van der Waals surface area contributed by atoms with E-state index in [-0.39, 0.29) is 18.0 Å². The van der Waals surface area contributed by atoms with E-state index in [2.05, 4.69) is 0 Å². The molecule has 1 heterocycles. The molecule has 0 radical (unpaired) electrons. The van der Waals surface area contributed by atoms with Crippen LogP contribution >= 0.6 is 0 Å². The van der Waals surface area contributed by atoms with E-state index in [1.54, 1.807) is 6.07 Å². The predicted octanol–water partition coefficient (Wildman–Crippen LogP) is 0.699. The van der Waals surface area contributed by atoms with Crippen LogP contribution in [0.4, 0.5) is 5.69 Å². The van der Waals surface area contributed by atoms with Gasteiger partial charge in [-0.3, -0.25) is 4.79 Å². The van der Waals surface area contributed by atoms with Crippen molar-refractivity contribution in [3.05, 3.63) is 48.0 Å². The SMILES string of the molecule is NCc1cccc(-c2ccc(O)c(N3CC(=O)NS3(=O)=O)c2)c1. The summed E-state index contributed by atoms with van der Waals surface area (Å²) < 4.78 is 26.6. The van der Waals surface area contributed by atoms with E-state index in [0.29, 0.717) is 12.1 Å². The van der Waals surface area contributed by atoms with Crippen molar-refractivity contribution in [1.82, 2.24) is 4.72 Å². The maximum absolute atomic E-state index is 11.9. The smallest absolute Gasteiger partial charge is 0.326 e. The molecule has 1 aliphatic rings. The summed E-state index contributed by atoms with van der Waals surface area (Å²) in [6.07, 6.45) is 0. The molecule has 1 amide bonds. The number of benzene rings is 2. The highest BCUT2D eigenvalue weighted by molar-refractivity contribution is 7.92. The Hall–Kier alpha value is -2.58. The largest absolute Gasteiger partial charge is 0.506 e. The summed E-state index contributed by atoms with van der Waals surface area (Å²) in [4.78, 5) is 11.4. The van der Waals surface area contributed by atoms with Crippen LogP contribution in [0, 0.1) is 0 Å². The second-order valence-corrected chi connectivity index (χ2v) is 6.74. The maximum Gasteiger partial charge on any atom is 0.326 e. The minimum atomic E-state index is -3.97. The Kier molecular flexibility index (Phi) is 3.70. The van der Waals surface area contributed by atoms with Crippen LogP contribution in [0.15, 0.2) is 42.5 Å². The molecule has 4 N–H and O–H groups in total. The van der Waals surface area contributed by atoms with Gasteiger partial charge in [-0.2, -0.15) is 8.42 Å². The topological polar surface area (TPSA) is 113 Å². The molecule has 7 nitrogen and oxygen atoms in total. The third-order valence-electron chi connectivity index (χ3n) is 3.56. The normalized spacial score (nSPS) is 16.4. The summed E-state index contributed by atoms with van der Waals surface area (Å²) in [5.74, 6) is -0.858. The highest BCUT2D eigenvalue weighted by atomic mass is 32.2. The lowest BCUT2D eigenvalue weighted by Gasteiger charge is -2.17. The van der Waals surface area contributed by atoms with Gasteiger partial charge in [0.25, 0.3) is 5.91 Å². The van der Waals surface area contributed by atoms with Gasteiger partial charge < -0.3 is 10.8 Å². The zero-order chi connectivity index (χ0) is 16.6. The third-order valence-corrected chi connectivity index (χ3v) is 4.95. The number of rotatable bonds is 3. The summed E-state index contributed by atoms with van der Waals surface area (Å²) in [5, 5.41) is 10.00. The minimum Gasteiger partial charge on any atom is -0.506 e. The first-order valence-corrected chi connectivity index (χ1v) is 8.30. The van der Waals surface area contributed by atoms with Gasteiger partial charge in [0.15, 0.2) is 0 Å². The molecule has 120 valence electrons. The summed E-state index contributed by atoms with van der Waals surface area (Å²) in [5.41, 5.74) is 8.16. The fourth-order valence-corrected chi connectivity index (χ4v) is 3.60. The Morgan fingerprint density at radius 1 is 1.17 bits per heavy atom.